The molecule has 2 aromatic heterocycles. The maximum absolute atomic E-state index is 13.7. The maximum Gasteiger partial charge on any atom is 0.280 e. The number of hydrogen-bond acceptors (Lipinski definition) is 7. The van der Waals surface area contributed by atoms with E-state index in [1.807, 2.05) is 0 Å². The summed E-state index contributed by atoms with van der Waals surface area (Å²) in [5.41, 5.74) is 1.14. The minimum Gasteiger partial charge on any atom is -0.497 e. The van der Waals surface area contributed by atoms with E-state index in [2.05, 4.69) is 10.1 Å². The molecule has 0 aliphatic heterocycles. The molecular weight excluding hydrogens is 457 g/mol. The zero-order chi connectivity index (χ0) is 23.7. The van der Waals surface area contributed by atoms with Crippen LogP contribution in [-0.4, -0.2) is 24.2 Å². The highest BCUT2D eigenvalue weighted by Crippen LogP contribution is 2.31. The number of fused-ring (bicyclic) bond motifs is 2. The van der Waals surface area contributed by atoms with E-state index in [0.717, 1.165) is 16.3 Å². The van der Waals surface area contributed by atoms with Crippen LogP contribution in [0.3, 0.4) is 0 Å². The first kappa shape index (κ1) is 21.5. The second-order valence-corrected chi connectivity index (χ2v) is 8.23. The number of carbonyl (C=O) groups is 1. The van der Waals surface area contributed by atoms with Gasteiger partial charge in [-0.15, -0.1) is 0 Å². The van der Waals surface area contributed by atoms with Crippen molar-refractivity contribution in [1.82, 2.24) is 4.98 Å². The van der Waals surface area contributed by atoms with Gasteiger partial charge in [-0.2, -0.15) is 10.1 Å². The lowest BCUT2D eigenvalue weighted by atomic mass is 10.2. The van der Waals surface area contributed by atoms with Crippen LogP contribution in [0.15, 0.2) is 87.3 Å². The summed E-state index contributed by atoms with van der Waals surface area (Å²) in [6.45, 7) is 0. The van der Waals surface area contributed by atoms with Gasteiger partial charge in [0.25, 0.3) is 5.91 Å². The molecule has 2 heterocycles. The quantitative estimate of drug-likeness (QED) is 0.258. The molecule has 0 unspecified atom stereocenters. The Morgan fingerprint density at radius 1 is 1.15 bits per heavy atom. The van der Waals surface area contributed by atoms with Crippen LogP contribution in [0.25, 0.3) is 21.2 Å². The molecule has 0 saturated heterocycles. The Kier molecular flexibility index (Phi) is 5.60. The second-order valence-electron chi connectivity index (χ2n) is 7.22. The molecule has 0 aliphatic carbocycles. The molecule has 0 fully saturated rings. The first-order chi connectivity index (χ1) is 16.5. The van der Waals surface area contributed by atoms with Crippen LogP contribution in [0.2, 0.25) is 0 Å². The zero-order valence-corrected chi connectivity index (χ0v) is 18.6. The van der Waals surface area contributed by atoms with E-state index in [0.29, 0.717) is 32.5 Å². The highest BCUT2D eigenvalue weighted by Gasteiger charge is 2.22. The Morgan fingerprint density at radius 2 is 2.00 bits per heavy atom. The Balaban J connectivity index is 1.60. The predicted octanol–water partition coefficient (Wildman–Crippen LogP) is 5.23. The molecule has 5 rings (SSSR count). The fourth-order valence-corrected chi connectivity index (χ4v) is 4.29. The summed E-state index contributed by atoms with van der Waals surface area (Å²) in [7, 11) is 1.50. The summed E-state index contributed by atoms with van der Waals surface area (Å²) >= 11 is 1.10. The van der Waals surface area contributed by atoms with Gasteiger partial charge in [0, 0.05) is 5.56 Å². The third-order valence-electron chi connectivity index (χ3n) is 5.05. The lowest BCUT2D eigenvalue weighted by Crippen LogP contribution is -2.26. The average Bonchev–Trinajstić information content (AvgIpc) is 3.28. The Hall–Kier alpha value is -4.37. The van der Waals surface area contributed by atoms with Crippen LogP contribution < -0.4 is 15.2 Å². The summed E-state index contributed by atoms with van der Waals surface area (Å²) in [6, 6.07) is 17.6. The number of aromatic nitrogens is 1. The molecule has 7 nitrogen and oxygen atoms in total. The first-order valence-corrected chi connectivity index (χ1v) is 10.9. The molecule has 9 heteroatoms. The number of carbonyl (C=O) groups excluding carboxylic acids is 1. The molecule has 0 spiro atoms. The van der Waals surface area contributed by atoms with Crippen molar-refractivity contribution in [1.29, 1.82) is 0 Å². The van der Waals surface area contributed by atoms with E-state index in [9.17, 15) is 14.0 Å². The number of anilines is 1. The van der Waals surface area contributed by atoms with E-state index in [-0.39, 0.29) is 16.1 Å². The number of amides is 1. The van der Waals surface area contributed by atoms with Crippen molar-refractivity contribution >= 4 is 49.8 Å². The van der Waals surface area contributed by atoms with Gasteiger partial charge in [0.05, 0.1) is 34.5 Å². The molecule has 0 aliphatic rings. The van der Waals surface area contributed by atoms with Crippen LogP contribution in [0, 0.1) is 5.82 Å². The van der Waals surface area contributed by atoms with E-state index in [4.69, 9.17) is 9.15 Å². The molecule has 3 aromatic carbocycles. The van der Waals surface area contributed by atoms with Gasteiger partial charge in [-0.3, -0.25) is 9.59 Å². The van der Waals surface area contributed by atoms with Crippen LogP contribution >= 0.6 is 11.3 Å². The van der Waals surface area contributed by atoms with Crippen LogP contribution in [-0.2, 0) is 0 Å². The van der Waals surface area contributed by atoms with Crippen LogP contribution in [0.1, 0.15) is 15.9 Å². The van der Waals surface area contributed by atoms with Crippen molar-refractivity contribution in [2.75, 3.05) is 12.1 Å². The van der Waals surface area contributed by atoms with Crippen molar-refractivity contribution in [3.63, 3.8) is 0 Å². The van der Waals surface area contributed by atoms with Gasteiger partial charge in [-0.1, -0.05) is 29.5 Å². The van der Waals surface area contributed by atoms with Crippen molar-refractivity contribution in [2.24, 2.45) is 5.10 Å². The maximum atomic E-state index is 13.7. The minimum atomic E-state index is -0.500. The minimum absolute atomic E-state index is 0.161. The fourth-order valence-electron chi connectivity index (χ4n) is 3.35. The number of benzene rings is 3. The molecule has 0 atom stereocenters. The van der Waals surface area contributed by atoms with Gasteiger partial charge < -0.3 is 9.15 Å². The summed E-state index contributed by atoms with van der Waals surface area (Å²) in [5, 5.41) is 5.98. The van der Waals surface area contributed by atoms with E-state index < -0.39 is 11.7 Å². The summed E-state index contributed by atoms with van der Waals surface area (Å²) in [4.78, 5) is 30.7. The number of hydrogen-bond donors (Lipinski definition) is 0. The van der Waals surface area contributed by atoms with Gasteiger partial charge in [-0.05, 0) is 48.5 Å². The fraction of sp³-hybridized carbons (Fsp3) is 0.0400. The van der Waals surface area contributed by atoms with Crippen molar-refractivity contribution in [3.05, 3.63) is 100 Å². The van der Waals surface area contributed by atoms with Crippen LogP contribution in [0.4, 0.5) is 9.52 Å². The number of ether oxygens (including phenoxy) is 1. The molecule has 0 radical (unpaired) electrons. The molecule has 5 aromatic rings. The Labute approximate surface area is 196 Å². The monoisotopic (exact) mass is 473 g/mol. The molecule has 168 valence electrons. The topological polar surface area (TPSA) is 85.0 Å². The van der Waals surface area contributed by atoms with Gasteiger partial charge >= 0.3 is 0 Å². The van der Waals surface area contributed by atoms with E-state index in [1.165, 1.54) is 37.8 Å². The molecular formula is C25H16FN3O4S. The lowest BCUT2D eigenvalue weighted by molar-refractivity contribution is 0.0987. The Bertz CT molecular complexity index is 1630. The van der Waals surface area contributed by atoms with Crippen LogP contribution in [0.5, 0.6) is 5.75 Å². The Morgan fingerprint density at radius 3 is 2.85 bits per heavy atom. The molecule has 0 saturated carbocycles. The highest BCUT2D eigenvalue weighted by molar-refractivity contribution is 7.22. The van der Waals surface area contributed by atoms with Crippen molar-refractivity contribution in [3.8, 4) is 5.75 Å². The number of nitrogens with zero attached hydrogens (tertiary/aromatic N) is 3. The highest BCUT2D eigenvalue weighted by atomic mass is 32.1. The standard InChI is InChI=1S/C25H16FN3O4S/c1-32-18-6-4-5-15(11-18)24(31)29(25-28-20-10-9-17(26)12-22(20)34-25)27-13-16-14-33-21-8-3-2-7-19(21)23(16)30/h2-14H,1H3/b27-13+. The lowest BCUT2D eigenvalue weighted by Gasteiger charge is -2.14. The number of hydrazone groups is 1. The van der Waals surface area contributed by atoms with E-state index in [1.54, 1.807) is 48.5 Å². The predicted molar refractivity (Wildman–Crippen MR) is 129 cm³/mol. The smallest absolute Gasteiger partial charge is 0.280 e. The van der Waals surface area contributed by atoms with Gasteiger partial charge in [0.1, 0.15) is 23.4 Å². The number of rotatable bonds is 5. The normalized spacial score (nSPS) is 11.4. The van der Waals surface area contributed by atoms with Gasteiger partial charge in [0.15, 0.2) is 0 Å². The average molecular weight is 473 g/mol. The van der Waals surface area contributed by atoms with Gasteiger partial charge in [-0.25, -0.2) is 9.37 Å². The zero-order valence-electron chi connectivity index (χ0n) is 17.8. The number of para-hydroxylation sites is 1. The molecule has 0 bridgehead atoms. The van der Waals surface area contributed by atoms with Gasteiger partial charge in [0.2, 0.25) is 10.6 Å². The largest absolute Gasteiger partial charge is 0.497 e. The number of methoxy groups -OCH3 is 1. The first-order valence-electron chi connectivity index (χ1n) is 10.1. The number of thiazole rings is 1. The third-order valence-corrected chi connectivity index (χ3v) is 6.04. The summed E-state index contributed by atoms with van der Waals surface area (Å²) in [5.74, 6) is -0.415. The summed E-state index contributed by atoms with van der Waals surface area (Å²) < 4.78 is 25.0. The molecule has 0 N–H and O–H groups in total. The van der Waals surface area contributed by atoms with Crippen molar-refractivity contribution in [2.45, 2.75) is 0 Å². The van der Waals surface area contributed by atoms with E-state index >= 15 is 0 Å². The summed E-state index contributed by atoms with van der Waals surface area (Å²) in [6.07, 6.45) is 2.54. The second kappa shape index (κ2) is 8.87. The molecule has 1 amide bonds. The SMILES string of the molecule is COc1cccc(C(=O)N(/N=C/c2coc3ccccc3c2=O)c2nc3ccc(F)cc3s2)c1. The number of halogens is 1. The van der Waals surface area contributed by atoms with Crippen molar-refractivity contribution < 1.29 is 18.3 Å². The third kappa shape index (κ3) is 4.04. The molecule has 34 heavy (non-hydrogen) atoms.